The van der Waals surface area contributed by atoms with E-state index in [1.807, 2.05) is 29.6 Å². The smallest absolute Gasteiger partial charge is 0.165 e. The van der Waals surface area contributed by atoms with E-state index in [1.165, 1.54) is 18.9 Å². The summed E-state index contributed by atoms with van der Waals surface area (Å²) in [7, 11) is 1.47. The number of methoxy groups -OCH3 is 1. The fourth-order valence-corrected chi connectivity index (χ4v) is 5.00. The van der Waals surface area contributed by atoms with Crippen molar-refractivity contribution >= 4 is 23.5 Å². The Balaban J connectivity index is 2.03. The maximum atomic E-state index is 13.7. The molecule has 1 fully saturated rings. The maximum absolute atomic E-state index is 13.7. The van der Waals surface area contributed by atoms with E-state index in [2.05, 4.69) is 5.43 Å². The number of halogens is 1. The Morgan fingerprint density at radius 1 is 1.53 bits per heavy atom. The SMILES string of the molecule is COc1ccc(CC(NN)C2CSCCS2)cc1F. The van der Waals surface area contributed by atoms with Crippen molar-refractivity contribution < 1.29 is 9.13 Å². The lowest BCUT2D eigenvalue weighted by Crippen LogP contribution is -2.46. The van der Waals surface area contributed by atoms with Gasteiger partial charge in [0.25, 0.3) is 0 Å². The zero-order valence-electron chi connectivity index (χ0n) is 10.9. The molecule has 1 heterocycles. The van der Waals surface area contributed by atoms with Crippen LogP contribution in [0.3, 0.4) is 0 Å². The van der Waals surface area contributed by atoms with E-state index < -0.39 is 0 Å². The Kier molecular flexibility index (Phi) is 5.81. The predicted octanol–water partition coefficient (Wildman–Crippen LogP) is 2.06. The van der Waals surface area contributed by atoms with Crippen molar-refractivity contribution in [2.75, 3.05) is 24.4 Å². The minimum atomic E-state index is -0.318. The monoisotopic (exact) mass is 302 g/mol. The van der Waals surface area contributed by atoms with Gasteiger partial charge in [0.2, 0.25) is 0 Å². The number of hydrogen-bond acceptors (Lipinski definition) is 5. The molecule has 0 bridgehead atoms. The molecule has 2 unspecified atom stereocenters. The first-order chi connectivity index (χ1) is 9.24. The van der Waals surface area contributed by atoms with Gasteiger partial charge in [-0.1, -0.05) is 6.07 Å². The lowest BCUT2D eigenvalue weighted by Gasteiger charge is -2.29. The summed E-state index contributed by atoms with van der Waals surface area (Å²) in [6.07, 6.45) is 0.732. The molecule has 1 aromatic rings. The molecule has 1 aliphatic rings. The number of thioether (sulfide) groups is 2. The molecule has 1 aliphatic heterocycles. The van der Waals surface area contributed by atoms with Crippen LogP contribution in [0, 0.1) is 5.82 Å². The molecule has 106 valence electrons. The van der Waals surface area contributed by atoms with Gasteiger partial charge < -0.3 is 4.74 Å². The molecular weight excluding hydrogens is 283 g/mol. The summed E-state index contributed by atoms with van der Waals surface area (Å²) in [4.78, 5) is 0. The van der Waals surface area contributed by atoms with Gasteiger partial charge in [0.1, 0.15) is 0 Å². The minimum absolute atomic E-state index is 0.172. The highest BCUT2D eigenvalue weighted by Gasteiger charge is 2.24. The van der Waals surface area contributed by atoms with E-state index in [4.69, 9.17) is 10.6 Å². The molecule has 0 spiro atoms. The van der Waals surface area contributed by atoms with Crippen LogP contribution in [-0.4, -0.2) is 35.7 Å². The van der Waals surface area contributed by atoms with Gasteiger partial charge in [-0.3, -0.25) is 11.3 Å². The number of benzene rings is 1. The second-order valence-electron chi connectivity index (χ2n) is 4.43. The van der Waals surface area contributed by atoms with Crippen LogP contribution in [0.5, 0.6) is 5.75 Å². The summed E-state index contributed by atoms with van der Waals surface area (Å²) in [6.45, 7) is 0. The van der Waals surface area contributed by atoms with Crippen LogP contribution in [0.15, 0.2) is 18.2 Å². The van der Waals surface area contributed by atoms with Crippen molar-refractivity contribution in [3.63, 3.8) is 0 Å². The van der Waals surface area contributed by atoms with Crippen LogP contribution in [0.25, 0.3) is 0 Å². The van der Waals surface area contributed by atoms with E-state index >= 15 is 0 Å². The third-order valence-corrected chi connectivity index (χ3v) is 6.10. The normalized spacial score (nSPS) is 21.1. The summed E-state index contributed by atoms with van der Waals surface area (Å²) in [6, 6.07) is 5.27. The molecule has 2 rings (SSSR count). The van der Waals surface area contributed by atoms with Crippen LogP contribution in [0.2, 0.25) is 0 Å². The zero-order valence-corrected chi connectivity index (χ0v) is 12.5. The van der Waals surface area contributed by atoms with Crippen LogP contribution in [0.1, 0.15) is 5.56 Å². The van der Waals surface area contributed by atoms with E-state index in [1.54, 1.807) is 6.07 Å². The summed E-state index contributed by atoms with van der Waals surface area (Å²) in [5, 5.41) is 0.480. The fraction of sp³-hybridized carbons (Fsp3) is 0.538. The summed E-state index contributed by atoms with van der Waals surface area (Å²) < 4.78 is 18.6. The number of hydrogen-bond donors (Lipinski definition) is 2. The molecule has 0 saturated carbocycles. The summed E-state index contributed by atoms with van der Waals surface area (Å²) in [5.41, 5.74) is 3.82. The third kappa shape index (κ3) is 4.02. The van der Waals surface area contributed by atoms with Gasteiger partial charge in [0, 0.05) is 28.6 Å². The maximum Gasteiger partial charge on any atom is 0.165 e. The molecule has 0 amide bonds. The first-order valence-electron chi connectivity index (χ1n) is 6.22. The van der Waals surface area contributed by atoms with E-state index in [0.29, 0.717) is 5.25 Å². The molecule has 0 radical (unpaired) electrons. The Morgan fingerprint density at radius 2 is 2.37 bits per heavy atom. The molecule has 3 N–H and O–H groups in total. The van der Waals surface area contributed by atoms with Crippen molar-refractivity contribution in [2.45, 2.75) is 17.7 Å². The Morgan fingerprint density at radius 3 is 2.95 bits per heavy atom. The molecule has 19 heavy (non-hydrogen) atoms. The number of rotatable bonds is 5. The van der Waals surface area contributed by atoms with Gasteiger partial charge in [-0.05, 0) is 24.1 Å². The summed E-state index contributed by atoms with van der Waals surface area (Å²) in [5.74, 6) is 9.07. The summed E-state index contributed by atoms with van der Waals surface area (Å²) >= 11 is 3.90. The Bertz CT molecular complexity index is 414. The molecule has 1 aromatic carbocycles. The van der Waals surface area contributed by atoms with E-state index in [-0.39, 0.29) is 17.6 Å². The van der Waals surface area contributed by atoms with Gasteiger partial charge in [0.15, 0.2) is 11.6 Å². The highest BCUT2D eigenvalue weighted by Crippen LogP contribution is 2.28. The van der Waals surface area contributed by atoms with Crippen molar-refractivity contribution in [3.05, 3.63) is 29.6 Å². The second kappa shape index (κ2) is 7.38. The molecule has 3 nitrogen and oxygen atoms in total. The first-order valence-corrected chi connectivity index (χ1v) is 8.43. The van der Waals surface area contributed by atoms with Crippen LogP contribution < -0.4 is 16.0 Å². The van der Waals surface area contributed by atoms with Crippen LogP contribution in [0.4, 0.5) is 4.39 Å². The van der Waals surface area contributed by atoms with Crippen molar-refractivity contribution in [1.29, 1.82) is 0 Å². The topological polar surface area (TPSA) is 47.3 Å². The third-order valence-electron chi connectivity index (χ3n) is 3.18. The quantitative estimate of drug-likeness (QED) is 0.644. The van der Waals surface area contributed by atoms with Gasteiger partial charge in [0.05, 0.1) is 7.11 Å². The van der Waals surface area contributed by atoms with Gasteiger partial charge >= 0.3 is 0 Å². The van der Waals surface area contributed by atoms with Gasteiger partial charge in [-0.2, -0.15) is 23.5 Å². The van der Waals surface area contributed by atoms with Crippen LogP contribution >= 0.6 is 23.5 Å². The number of ether oxygens (including phenoxy) is 1. The van der Waals surface area contributed by atoms with Crippen molar-refractivity contribution in [3.8, 4) is 5.75 Å². The molecule has 0 aromatic heterocycles. The average molecular weight is 302 g/mol. The highest BCUT2D eigenvalue weighted by atomic mass is 32.2. The Labute approximate surface area is 121 Å². The molecule has 6 heteroatoms. The first kappa shape index (κ1) is 15.0. The molecule has 1 saturated heterocycles. The average Bonchev–Trinajstić information content (AvgIpc) is 2.46. The lowest BCUT2D eigenvalue weighted by molar-refractivity contribution is 0.386. The number of hydrazine groups is 1. The largest absolute Gasteiger partial charge is 0.494 e. The van der Waals surface area contributed by atoms with Gasteiger partial charge in [-0.15, -0.1) is 0 Å². The molecular formula is C13H19FN2OS2. The molecule has 0 aliphatic carbocycles. The highest BCUT2D eigenvalue weighted by molar-refractivity contribution is 8.06. The number of nitrogens with two attached hydrogens (primary N) is 1. The standard InChI is InChI=1S/C13H19FN2OS2/c1-17-12-3-2-9(6-10(12)14)7-11(16-15)13-8-18-4-5-19-13/h2-3,6,11,13,16H,4-5,7-8,15H2,1H3. The fourth-order valence-electron chi connectivity index (χ4n) is 2.13. The van der Waals surface area contributed by atoms with Crippen LogP contribution in [-0.2, 0) is 6.42 Å². The number of nitrogens with one attached hydrogen (secondary N) is 1. The molecule has 2 atom stereocenters. The predicted molar refractivity (Wildman–Crippen MR) is 81.3 cm³/mol. The zero-order chi connectivity index (χ0) is 13.7. The Hall–Kier alpha value is -0.430. The minimum Gasteiger partial charge on any atom is -0.494 e. The van der Waals surface area contributed by atoms with Gasteiger partial charge in [-0.25, -0.2) is 4.39 Å². The second-order valence-corrected chi connectivity index (χ2v) is 6.93. The van der Waals surface area contributed by atoms with E-state index in [9.17, 15) is 4.39 Å². The lowest BCUT2D eigenvalue weighted by atomic mass is 10.0. The van der Waals surface area contributed by atoms with E-state index in [0.717, 1.165) is 23.5 Å². The van der Waals surface area contributed by atoms with Crippen molar-refractivity contribution in [2.24, 2.45) is 5.84 Å². The van der Waals surface area contributed by atoms with Crippen molar-refractivity contribution in [1.82, 2.24) is 5.43 Å².